The molecule has 0 radical (unpaired) electrons. The lowest BCUT2D eigenvalue weighted by Gasteiger charge is -2.23. The van der Waals surface area contributed by atoms with Crippen molar-refractivity contribution in [1.29, 1.82) is 0 Å². The molecule has 2 aromatic heterocycles. The Hall–Kier alpha value is -1.64. The van der Waals surface area contributed by atoms with Crippen molar-refractivity contribution in [1.82, 2.24) is 9.21 Å². The molecule has 0 aliphatic carbocycles. The molecule has 26 heavy (non-hydrogen) atoms. The number of hydrogen-bond donors (Lipinski definition) is 0. The van der Waals surface area contributed by atoms with Gasteiger partial charge in [-0.1, -0.05) is 0 Å². The first-order valence-electron chi connectivity index (χ1n) is 8.92. The zero-order chi connectivity index (χ0) is 18.3. The van der Waals surface area contributed by atoms with Gasteiger partial charge < -0.3 is 9.32 Å². The van der Waals surface area contributed by atoms with Crippen LogP contribution < -0.4 is 0 Å². The quantitative estimate of drug-likeness (QED) is 0.797. The molecule has 0 bridgehead atoms. The molecule has 0 aromatic carbocycles. The summed E-state index contributed by atoms with van der Waals surface area (Å²) in [6.07, 6.45) is 3.60. The van der Waals surface area contributed by atoms with E-state index in [-0.39, 0.29) is 28.4 Å². The molecule has 0 N–H and O–H groups in total. The minimum atomic E-state index is -3.59. The summed E-state index contributed by atoms with van der Waals surface area (Å²) in [6.45, 7) is 3.33. The highest BCUT2D eigenvalue weighted by Gasteiger charge is 2.35. The zero-order valence-corrected chi connectivity index (χ0v) is 16.3. The van der Waals surface area contributed by atoms with E-state index in [1.807, 2.05) is 11.4 Å². The molecule has 6 nitrogen and oxygen atoms in total. The van der Waals surface area contributed by atoms with Gasteiger partial charge in [0.15, 0.2) is 5.76 Å². The highest BCUT2D eigenvalue weighted by atomic mass is 32.2. The fourth-order valence-corrected chi connectivity index (χ4v) is 6.24. The fourth-order valence-electron chi connectivity index (χ4n) is 3.86. The monoisotopic (exact) mass is 394 g/mol. The molecule has 0 spiro atoms. The number of amides is 1. The van der Waals surface area contributed by atoms with Crippen LogP contribution in [0.5, 0.6) is 0 Å². The van der Waals surface area contributed by atoms with Gasteiger partial charge in [0.05, 0.1) is 6.04 Å². The third-order valence-corrected chi connectivity index (χ3v) is 7.92. The maximum absolute atomic E-state index is 13.0. The Kier molecular flexibility index (Phi) is 4.66. The number of sulfonamides is 1. The molecular weight excluding hydrogens is 372 g/mol. The SMILES string of the molecule is Cc1oc(C(=O)N2CCC[C@H]2c2ccsc2)cc1S(=O)(=O)N1CCCC1. The molecule has 4 rings (SSSR count). The van der Waals surface area contributed by atoms with Crippen molar-refractivity contribution < 1.29 is 17.6 Å². The van der Waals surface area contributed by atoms with Gasteiger partial charge in [0, 0.05) is 25.7 Å². The van der Waals surface area contributed by atoms with E-state index in [0.29, 0.717) is 19.6 Å². The zero-order valence-electron chi connectivity index (χ0n) is 14.7. The van der Waals surface area contributed by atoms with Crippen molar-refractivity contribution in [3.8, 4) is 0 Å². The molecule has 0 unspecified atom stereocenters. The van der Waals surface area contributed by atoms with Gasteiger partial charge in [0.25, 0.3) is 5.91 Å². The maximum atomic E-state index is 13.0. The van der Waals surface area contributed by atoms with Crippen LogP contribution in [0.1, 0.15) is 53.6 Å². The van der Waals surface area contributed by atoms with Crippen LogP contribution >= 0.6 is 11.3 Å². The molecule has 0 saturated carbocycles. The number of rotatable bonds is 4. The lowest BCUT2D eigenvalue weighted by atomic mass is 10.1. The van der Waals surface area contributed by atoms with Crippen LogP contribution in [-0.4, -0.2) is 43.2 Å². The van der Waals surface area contributed by atoms with Crippen molar-refractivity contribution in [3.63, 3.8) is 0 Å². The van der Waals surface area contributed by atoms with E-state index in [9.17, 15) is 13.2 Å². The van der Waals surface area contributed by atoms with Gasteiger partial charge in [-0.05, 0) is 55.0 Å². The van der Waals surface area contributed by atoms with Gasteiger partial charge in [-0.3, -0.25) is 4.79 Å². The summed E-state index contributed by atoms with van der Waals surface area (Å²) in [5.41, 5.74) is 1.13. The fraction of sp³-hybridized carbons (Fsp3) is 0.500. The van der Waals surface area contributed by atoms with Gasteiger partial charge in [0.2, 0.25) is 10.0 Å². The largest absolute Gasteiger partial charge is 0.455 e. The maximum Gasteiger partial charge on any atom is 0.290 e. The number of carbonyl (C=O) groups is 1. The topological polar surface area (TPSA) is 70.8 Å². The molecule has 2 saturated heterocycles. The predicted octanol–water partition coefficient (Wildman–Crippen LogP) is 3.41. The molecule has 2 fully saturated rings. The highest BCUT2D eigenvalue weighted by molar-refractivity contribution is 7.89. The van der Waals surface area contributed by atoms with Crippen LogP contribution in [0.15, 0.2) is 32.2 Å². The van der Waals surface area contributed by atoms with E-state index in [0.717, 1.165) is 31.2 Å². The minimum Gasteiger partial charge on any atom is -0.455 e. The Morgan fingerprint density at radius 1 is 1.23 bits per heavy atom. The summed E-state index contributed by atoms with van der Waals surface area (Å²) >= 11 is 1.61. The minimum absolute atomic E-state index is 0.0396. The molecule has 1 amide bonds. The van der Waals surface area contributed by atoms with Gasteiger partial charge in [-0.15, -0.1) is 0 Å². The Bertz CT molecular complexity index is 896. The number of carbonyl (C=O) groups excluding carboxylic acids is 1. The summed E-state index contributed by atoms with van der Waals surface area (Å²) in [7, 11) is -3.59. The normalized spacial score (nSPS) is 21.6. The first-order chi connectivity index (χ1) is 12.5. The average molecular weight is 395 g/mol. The van der Waals surface area contributed by atoms with Crippen LogP contribution in [0, 0.1) is 6.92 Å². The van der Waals surface area contributed by atoms with Crippen molar-refractivity contribution >= 4 is 27.3 Å². The average Bonchev–Trinajstić information content (AvgIpc) is 3.39. The van der Waals surface area contributed by atoms with Crippen LogP contribution in [0.2, 0.25) is 0 Å². The number of furan rings is 1. The summed E-state index contributed by atoms with van der Waals surface area (Å²) in [6, 6.07) is 3.49. The second kappa shape index (κ2) is 6.83. The molecule has 2 aromatic rings. The van der Waals surface area contributed by atoms with Crippen molar-refractivity contribution in [3.05, 3.63) is 40.0 Å². The molecule has 8 heteroatoms. The van der Waals surface area contributed by atoms with Gasteiger partial charge in [-0.2, -0.15) is 15.6 Å². The number of aryl methyl sites for hydroxylation is 1. The van der Waals surface area contributed by atoms with Gasteiger partial charge >= 0.3 is 0 Å². The lowest BCUT2D eigenvalue weighted by molar-refractivity contribution is 0.0702. The number of nitrogens with zero attached hydrogens (tertiary/aromatic N) is 2. The Morgan fingerprint density at radius 2 is 2.00 bits per heavy atom. The molecule has 140 valence electrons. The number of hydrogen-bond acceptors (Lipinski definition) is 5. The van der Waals surface area contributed by atoms with Crippen LogP contribution in [0.25, 0.3) is 0 Å². The van der Waals surface area contributed by atoms with E-state index in [1.54, 1.807) is 23.2 Å². The number of likely N-dealkylation sites (tertiary alicyclic amines) is 1. The van der Waals surface area contributed by atoms with Crippen molar-refractivity contribution in [2.24, 2.45) is 0 Å². The first-order valence-corrected chi connectivity index (χ1v) is 11.3. The van der Waals surface area contributed by atoms with Crippen molar-refractivity contribution in [2.45, 2.75) is 43.5 Å². The molecular formula is C18H22N2O4S2. The Balaban J connectivity index is 1.61. The van der Waals surface area contributed by atoms with Gasteiger partial charge in [-0.25, -0.2) is 8.42 Å². The van der Waals surface area contributed by atoms with Crippen molar-refractivity contribution in [2.75, 3.05) is 19.6 Å². The second-order valence-corrected chi connectivity index (χ2v) is 9.54. The standard InChI is InChI=1S/C18H22N2O4S2/c1-13-17(26(22,23)19-7-2-3-8-19)11-16(24-13)18(21)20-9-4-5-15(20)14-6-10-25-12-14/h6,10-12,15H,2-5,7-9H2,1H3/t15-/m0/s1. The molecule has 2 aliphatic heterocycles. The molecule has 4 heterocycles. The molecule has 1 atom stereocenters. The smallest absolute Gasteiger partial charge is 0.290 e. The van der Waals surface area contributed by atoms with Crippen LogP contribution in [0.3, 0.4) is 0 Å². The summed E-state index contributed by atoms with van der Waals surface area (Å²) in [4.78, 5) is 14.9. The lowest BCUT2D eigenvalue weighted by Crippen LogP contribution is -2.30. The third kappa shape index (κ3) is 3.00. The van der Waals surface area contributed by atoms with E-state index < -0.39 is 10.0 Å². The highest BCUT2D eigenvalue weighted by Crippen LogP contribution is 2.35. The van der Waals surface area contributed by atoms with E-state index in [2.05, 4.69) is 5.38 Å². The number of thiophene rings is 1. The summed E-state index contributed by atoms with van der Waals surface area (Å²) < 4.78 is 32.7. The Morgan fingerprint density at radius 3 is 2.69 bits per heavy atom. The van der Waals surface area contributed by atoms with E-state index in [4.69, 9.17) is 4.42 Å². The summed E-state index contributed by atoms with van der Waals surface area (Å²) in [5.74, 6) is 0.165. The van der Waals surface area contributed by atoms with Crippen LogP contribution in [-0.2, 0) is 10.0 Å². The second-order valence-electron chi connectivity index (χ2n) is 6.86. The molecule has 2 aliphatic rings. The Labute approximate surface area is 157 Å². The van der Waals surface area contributed by atoms with Gasteiger partial charge in [0.1, 0.15) is 10.7 Å². The van der Waals surface area contributed by atoms with Crippen LogP contribution in [0.4, 0.5) is 0 Å². The first kappa shape index (κ1) is 17.8. The van der Waals surface area contributed by atoms with E-state index in [1.165, 1.54) is 10.4 Å². The predicted molar refractivity (Wildman–Crippen MR) is 98.8 cm³/mol. The summed E-state index contributed by atoms with van der Waals surface area (Å²) in [5, 5.41) is 4.07. The van der Waals surface area contributed by atoms with E-state index >= 15 is 0 Å². The third-order valence-electron chi connectivity index (χ3n) is 5.21.